The van der Waals surface area contributed by atoms with E-state index >= 15 is 0 Å². The topological polar surface area (TPSA) is 79.9 Å². The van der Waals surface area contributed by atoms with Crippen LogP contribution in [-0.2, 0) is 14.1 Å². The van der Waals surface area contributed by atoms with E-state index in [0.29, 0.717) is 13.1 Å². The van der Waals surface area contributed by atoms with E-state index in [1.807, 2.05) is 18.2 Å². The van der Waals surface area contributed by atoms with Crippen molar-refractivity contribution in [1.82, 2.24) is 15.5 Å². The number of carbonyl (C=O) groups is 2. The summed E-state index contributed by atoms with van der Waals surface area (Å²) in [4.78, 5) is 27.1. The number of nitrogens with one attached hydrogen (secondary N) is 2. The summed E-state index contributed by atoms with van der Waals surface area (Å²) >= 11 is 0. The molecule has 2 aliphatic carbocycles. The van der Waals surface area contributed by atoms with Gasteiger partial charge in [-0.05, 0) is 62.5 Å². The van der Waals surface area contributed by atoms with Gasteiger partial charge in [0.2, 0.25) is 5.91 Å². The Labute approximate surface area is 209 Å². The lowest BCUT2D eigenvalue weighted by Crippen LogP contribution is -2.56. The summed E-state index contributed by atoms with van der Waals surface area (Å²) in [6, 6.07) is 10.0. The lowest BCUT2D eigenvalue weighted by atomic mass is 9.69. The fourth-order valence-corrected chi connectivity index (χ4v) is 6.72. The molecule has 0 radical (unpaired) electrons. The van der Waals surface area contributed by atoms with Crippen molar-refractivity contribution in [3.05, 3.63) is 48.6 Å². The number of likely N-dealkylation sites (tertiary alicyclic amines) is 1. The highest BCUT2D eigenvalue weighted by molar-refractivity contribution is 6.52. The number of rotatable bonds is 6. The van der Waals surface area contributed by atoms with Crippen LogP contribution in [0.3, 0.4) is 0 Å². The van der Waals surface area contributed by atoms with Crippen LogP contribution in [0, 0.1) is 5.41 Å². The Morgan fingerprint density at radius 3 is 2.74 bits per heavy atom. The van der Waals surface area contributed by atoms with Crippen LogP contribution in [0.5, 0.6) is 0 Å². The first kappa shape index (κ1) is 24.4. The average molecular weight is 479 g/mol. The number of urea groups is 1. The van der Waals surface area contributed by atoms with Crippen molar-refractivity contribution >= 4 is 19.1 Å². The first-order valence-electron chi connectivity index (χ1n) is 13.0. The molecule has 3 amide bonds. The predicted octanol–water partition coefficient (Wildman–Crippen LogP) is 3.80. The second-order valence-electron chi connectivity index (χ2n) is 11.8. The van der Waals surface area contributed by atoms with Gasteiger partial charge in [0.05, 0.1) is 17.1 Å². The van der Waals surface area contributed by atoms with Gasteiger partial charge in [-0.3, -0.25) is 4.79 Å². The second-order valence-corrected chi connectivity index (χ2v) is 11.8. The Kier molecular flexibility index (Phi) is 6.25. The minimum atomic E-state index is -0.609. The van der Waals surface area contributed by atoms with E-state index in [0.717, 1.165) is 38.5 Å². The van der Waals surface area contributed by atoms with Crippen molar-refractivity contribution in [3.63, 3.8) is 0 Å². The molecule has 8 heteroatoms. The van der Waals surface area contributed by atoms with E-state index in [1.165, 1.54) is 11.6 Å². The van der Waals surface area contributed by atoms with Crippen LogP contribution < -0.4 is 10.6 Å². The Morgan fingerprint density at radius 1 is 1.23 bits per heavy atom. The van der Waals surface area contributed by atoms with Crippen LogP contribution in [0.1, 0.15) is 70.8 Å². The molecule has 0 aromatic heterocycles. The molecule has 0 spiro atoms. The standard InChI is InChI=1S/C27H38BN3O4/c1-5-23(32)31-15-9-12-20(31)17-29-24(33)30-27(16-21(27)19-10-7-6-8-11-19)28-34-22-13-14-25(2,3)18-26(22,4)35-28/h5-8,10-11,20-22H,1,9,12-18H2,2-4H3,(H2,29,30,33)/t20-,21+,22-,26+,27?/m1/s1. The molecule has 4 fully saturated rings. The summed E-state index contributed by atoms with van der Waals surface area (Å²) < 4.78 is 13.2. The van der Waals surface area contributed by atoms with Gasteiger partial charge in [-0.25, -0.2) is 4.79 Å². The molecule has 7 nitrogen and oxygen atoms in total. The highest BCUT2D eigenvalue weighted by Gasteiger charge is 2.70. The molecule has 1 aromatic rings. The zero-order chi connectivity index (χ0) is 24.8. The van der Waals surface area contributed by atoms with Gasteiger partial charge in [-0.1, -0.05) is 50.8 Å². The maximum absolute atomic E-state index is 13.2. The lowest BCUT2D eigenvalue weighted by Gasteiger charge is -2.43. The number of hydrogen-bond acceptors (Lipinski definition) is 4. The summed E-state index contributed by atoms with van der Waals surface area (Å²) in [6.45, 7) is 11.5. The highest BCUT2D eigenvalue weighted by atomic mass is 16.7. The smallest absolute Gasteiger partial charge is 0.404 e. The average Bonchev–Trinajstić information content (AvgIpc) is 3.17. The van der Waals surface area contributed by atoms with Gasteiger partial charge >= 0.3 is 13.1 Å². The molecule has 2 saturated heterocycles. The van der Waals surface area contributed by atoms with E-state index < -0.39 is 12.6 Å². The number of benzene rings is 1. The molecule has 2 saturated carbocycles. The van der Waals surface area contributed by atoms with Crippen LogP contribution in [0.15, 0.2) is 43.0 Å². The summed E-state index contributed by atoms with van der Waals surface area (Å²) in [6.07, 6.45) is 6.98. The minimum absolute atomic E-state index is 0.00526. The molecule has 2 heterocycles. The third kappa shape index (κ3) is 4.63. The van der Waals surface area contributed by atoms with Gasteiger partial charge in [-0.15, -0.1) is 0 Å². The number of hydrogen-bond donors (Lipinski definition) is 2. The number of amides is 3. The van der Waals surface area contributed by atoms with Gasteiger partial charge in [0.25, 0.3) is 0 Å². The summed E-state index contributed by atoms with van der Waals surface area (Å²) in [5, 5.41) is 6.29. The molecule has 2 N–H and O–H groups in total. The molecule has 0 bridgehead atoms. The van der Waals surface area contributed by atoms with E-state index in [-0.39, 0.29) is 41.0 Å². The van der Waals surface area contributed by atoms with Crippen molar-refractivity contribution in [3.8, 4) is 0 Å². The molecular formula is C27H38BN3O4. The lowest BCUT2D eigenvalue weighted by molar-refractivity contribution is -0.126. The minimum Gasteiger partial charge on any atom is -0.404 e. The Balaban J connectivity index is 1.30. The molecule has 188 valence electrons. The number of fused-ring (bicyclic) bond motifs is 1. The predicted molar refractivity (Wildman–Crippen MR) is 136 cm³/mol. The molecule has 35 heavy (non-hydrogen) atoms. The van der Waals surface area contributed by atoms with Crippen LogP contribution in [0.2, 0.25) is 0 Å². The second kappa shape index (κ2) is 8.97. The Bertz CT molecular complexity index is 988. The third-order valence-electron chi connectivity index (χ3n) is 8.56. The van der Waals surface area contributed by atoms with Crippen molar-refractivity contribution in [2.75, 3.05) is 13.1 Å². The summed E-state index contributed by atoms with van der Waals surface area (Å²) in [7, 11) is -0.493. The van der Waals surface area contributed by atoms with Crippen LogP contribution in [-0.4, -0.2) is 60.2 Å². The van der Waals surface area contributed by atoms with Crippen molar-refractivity contribution < 1.29 is 18.9 Å². The molecule has 4 aliphatic rings. The van der Waals surface area contributed by atoms with Crippen molar-refractivity contribution in [1.29, 1.82) is 0 Å². The van der Waals surface area contributed by atoms with E-state index in [4.69, 9.17) is 9.31 Å². The van der Waals surface area contributed by atoms with Crippen molar-refractivity contribution in [2.45, 2.75) is 88.4 Å². The van der Waals surface area contributed by atoms with E-state index in [2.05, 4.69) is 50.1 Å². The molecule has 5 rings (SSSR count). The first-order valence-corrected chi connectivity index (χ1v) is 13.0. The van der Waals surface area contributed by atoms with Crippen LogP contribution >= 0.6 is 0 Å². The van der Waals surface area contributed by atoms with Gasteiger partial charge in [0.15, 0.2) is 0 Å². The van der Waals surface area contributed by atoms with E-state index in [9.17, 15) is 9.59 Å². The fourth-order valence-electron chi connectivity index (χ4n) is 6.72. The van der Waals surface area contributed by atoms with Crippen LogP contribution in [0.4, 0.5) is 4.79 Å². The van der Waals surface area contributed by atoms with Gasteiger partial charge in [0.1, 0.15) is 0 Å². The Hall–Kier alpha value is -2.32. The number of nitrogens with zero attached hydrogens (tertiary/aromatic N) is 1. The molecular weight excluding hydrogens is 441 g/mol. The zero-order valence-electron chi connectivity index (χ0n) is 21.2. The normalized spacial score (nSPS) is 35.3. The largest absolute Gasteiger partial charge is 0.485 e. The maximum atomic E-state index is 13.2. The van der Waals surface area contributed by atoms with Crippen molar-refractivity contribution in [2.24, 2.45) is 5.41 Å². The highest BCUT2D eigenvalue weighted by Crippen LogP contribution is 2.58. The molecule has 2 aliphatic heterocycles. The van der Waals surface area contributed by atoms with Gasteiger partial charge < -0.3 is 24.8 Å². The number of carbonyl (C=O) groups excluding carboxylic acids is 2. The Morgan fingerprint density at radius 2 is 2.00 bits per heavy atom. The molecule has 1 unspecified atom stereocenters. The van der Waals surface area contributed by atoms with Crippen LogP contribution in [0.25, 0.3) is 0 Å². The fraction of sp³-hybridized carbons (Fsp3) is 0.630. The summed E-state index contributed by atoms with van der Waals surface area (Å²) in [5.41, 5.74) is 0.428. The quantitative estimate of drug-likeness (QED) is 0.481. The van der Waals surface area contributed by atoms with E-state index in [1.54, 1.807) is 4.90 Å². The maximum Gasteiger partial charge on any atom is 0.485 e. The molecule has 1 aromatic carbocycles. The van der Waals surface area contributed by atoms with Gasteiger partial charge in [-0.2, -0.15) is 0 Å². The SMILES string of the molecule is C=CC(=O)N1CCC[C@@H]1CNC(=O)NC1(B2O[C@@H]3CCC(C)(C)C[C@]3(C)O2)C[C@H]1c1ccccc1. The zero-order valence-corrected chi connectivity index (χ0v) is 21.2. The first-order chi connectivity index (χ1) is 16.7. The molecule has 5 atom stereocenters. The monoisotopic (exact) mass is 479 g/mol. The third-order valence-corrected chi connectivity index (χ3v) is 8.56. The summed E-state index contributed by atoms with van der Waals surface area (Å²) in [5.74, 6) is 0.0468. The van der Waals surface area contributed by atoms with Gasteiger partial charge in [0, 0.05) is 25.0 Å².